The summed E-state index contributed by atoms with van der Waals surface area (Å²) in [5, 5.41) is 0. The van der Waals surface area contributed by atoms with E-state index < -0.39 is 5.60 Å². The van der Waals surface area contributed by atoms with E-state index >= 15 is 0 Å². The number of amides is 1. The zero-order valence-electron chi connectivity index (χ0n) is 14.1. The van der Waals surface area contributed by atoms with Crippen molar-refractivity contribution >= 4 is 6.09 Å². The van der Waals surface area contributed by atoms with Crippen LogP contribution in [0.15, 0.2) is 24.3 Å². The highest BCUT2D eigenvalue weighted by atomic mass is 16.6. The summed E-state index contributed by atoms with van der Waals surface area (Å²) in [5.74, 6) is 0.310. The Bertz CT molecular complexity index is 505. The van der Waals surface area contributed by atoms with Gasteiger partial charge in [-0.15, -0.1) is 0 Å². The molecule has 0 spiro atoms. The van der Waals surface area contributed by atoms with Crippen LogP contribution in [0, 0.1) is 0 Å². The first-order chi connectivity index (χ1) is 10.3. The molecule has 22 heavy (non-hydrogen) atoms. The Morgan fingerprint density at radius 3 is 2.45 bits per heavy atom. The van der Waals surface area contributed by atoms with Gasteiger partial charge < -0.3 is 15.4 Å². The van der Waals surface area contributed by atoms with Gasteiger partial charge in [-0.2, -0.15) is 0 Å². The Hall–Kier alpha value is -1.55. The fourth-order valence-corrected chi connectivity index (χ4v) is 2.89. The molecule has 1 aliphatic heterocycles. The van der Waals surface area contributed by atoms with Gasteiger partial charge in [0.15, 0.2) is 0 Å². The Kier molecular flexibility index (Phi) is 5.12. The molecule has 0 aliphatic carbocycles. The number of carbonyl (C=O) groups excluding carboxylic acids is 1. The predicted molar refractivity (Wildman–Crippen MR) is 89.0 cm³/mol. The van der Waals surface area contributed by atoms with E-state index in [-0.39, 0.29) is 12.1 Å². The van der Waals surface area contributed by atoms with Gasteiger partial charge in [-0.3, -0.25) is 0 Å². The van der Waals surface area contributed by atoms with Crippen LogP contribution in [0.3, 0.4) is 0 Å². The lowest BCUT2D eigenvalue weighted by Crippen LogP contribution is -2.50. The van der Waals surface area contributed by atoms with Crippen LogP contribution >= 0.6 is 0 Å². The van der Waals surface area contributed by atoms with E-state index in [9.17, 15) is 4.79 Å². The molecule has 1 aromatic rings. The fraction of sp³-hybridized carbons (Fsp3) is 0.611. The molecule has 1 aromatic carbocycles. The first kappa shape index (κ1) is 16.8. The molecule has 2 rings (SSSR count). The lowest BCUT2D eigenvalue weighted by Gasteiger charge is -2.37. The summed E-state index contributed by atoms with van der Waals surface area (Å²) in [7, 11) is 0. The molecule has 0 bridgehead atoms. The van der Waals surface area contributed by atoms with Gasteiger partial charge in [0.05, 0.1) is 0 Å². The van der Waals surface area contributed by atoms with E-state index in [1.54, 1.807) is 4.90 Å². The van der Waals surface area contributed by atoms with E-state index in [4.69, 9.17) is 10.5 Å². The van der Waals surface area contributed by atoms with Gasteiger partial charge in [-0.1, -0.05) is 31.2 Å². The van der Waals surface area contributed by atoms with E-state index in [1.807, 2.05) is 20.8 Å². The molecule has 2 N–H and O–H groups in total. The highest BCUT2D eigenvalue weighted by Crippen LogP contribution is 2.28. The van der Waals surface area contributed by atoms with Crippen molar-refractivity contribution in [2.75, 3.05) is 13.1 Å². The van der Waals surface area contributed by atoms with Crippen LogP contribution in [0.25, 0.3) is 0 Å². The Morgan fingerprint density at radius 1 is 1.32 bits per heavy atom. The Morgan fingerprint density at radius 2 is 1.95 bits per heavy atom. The van der Waals surface area contributed by atoms with E-state index in [0.717, 1.165) is 12.8 Å². The van der Waals surface area contributed by atoms with E-state index in [2.05, 4.69) is 31.2 Å². The van der Waals surface area contributed by atoms with Gasteiger partial charge in [0.25, 0.3) is 0 Å². The van der Waals surface area contributed by atoms with E-state index in [0.29, 0.717) is 19.0 Å². The molecule has 0 unspecified atom stereocenters. The minimum atomic E-state index is -0.464. The standard InChI is InChI=1S/C18H28N2O2/c1-5-13-6-8-14(9-7-13)15-10-11-20(12-16(15)19)17(21)22-18(2,3)4/h6-9,15-16H,5,10-12,19H2,1-4H3/t15-,16+/m1/s1. The van der Waals surface area contributed by atoms with Crippen molar-refractivity contribution in [3.8, 4) is 0 Å². The average molecular weight is 304 g/mol. The molecule has 1 fully saturated rings. The third-order valence-electron chi connectivity index (χ3n) is 4.13. The molecule has 1 aliphatic rings. The monoisotopic (exact) mass is 304 g/mol. The van der Waals surface area contributed by atoms with Gasteiger partial charge >= 0.3 is 6.09 Å². The van der Waals surface area contributed by atoms with E-state index in [1.165, 1.54) is 11.1 Å². The zero-order chi connectivity index (χ0) is 16.3. The summed E-state index contributed by atoms with van der Waals surface area (Å²) in [6.45, 7) is 9.05. The number of benzene rings is 1. The zero-order valence-corrected chi connectivity index (χ0v) is 14.1. The smallest absolute Gasteiger partial charge is 0.410 e. The minimum Gasteiger partial charge on any atom is -0.444 e. The molecule has 1 saturated heterocycles. The molecule has 1 heterocycles. The lowest BCUT2D eigenvalue weighted by molar-refractivity contribution is 0.0186. The molecule has 0 aromatic heterocycles. The summed E-state index contributed by atoms with van der Waals surface area (Å²) >= 11 is 0. The van der Waals surface area contributed by atoms with Crippen molar-refractivity contribution in [3.05, 3.63) is 35.4 Å². The maximum Gasteiger partial charge on any atom is 0.410 e. The van der Waals surface area contributed by atoms with Crippen LogP contribution in [0.1, 0.15) is 51.2 Å². The highest BCUT2D eigenvalue weighted by Gasteiger charge is 2.32. The maximum atomic E-state index is 12.1. The summed E-state index contributed by atoms with van der Waals surface area (Å²) in [6, 6.07) is 8.64. The maximum absolute atomic E-state index is 12.1. The van der Waals surface area contributed by atoms with Crippen LogP contribution in [-0.4, -0.2) is 35.7 Å². The molecule has 4 nitrogen and oxygen atoms in total. The predicted octanol–water partition coefficient (Wildman–Crippen LogP) is 3.30. The number of nitrogens with two attached hydrogens (primary N) is 1. The summed E-state index contributed by atoms with van der Waals surface area (Å²) in [6.07, 6.45) is 1.66. The van der Waals surface area contributed by atoms with Crippen LogP contribution < -0.4 is 5.73 Å². The van der Waals surface area contributed by atoms with Gasteiger partial charge in [0, 0.05) is 25.0 Å². The second-order valence-electron chi connectivity index (χ2n) is 7.08. The fourth-order valence-electron chi connectivity index (χ4n) is 2.89. The van der Waals surface area contributed by atoms with Crippen LogP contribution in [0.2, 0.25) is 0 Å². The first-order valence-corrected chi connectivity index (χ1v) is 8.12. The molecular weight excluding hydrogens is 276 g/mol. The SMILES string of the molecule is CCc1ccc([C@H]2CCN(C(=O)OC(C)(C)C)C[C@@H]2N)cc1. The second-order valence-corrected chi connectivity index (χ2v) is 7.08. The van der Waals surface area contributed by atoms with Crippen molar-refractivity contribution in [2.45, 2.75) is 58.1 Å². The number of nitrogens with zero attached hydrogens (tertiary/aromatic N) is 1. The highest BCUT2D eigenvalue weighted by molar-refractivity contribution is 5.68. The average Bonchev–Trinajstić information content (AvgIpc) is 2.45. The van der Waals surface area contributed by atoms with Crippen molar-refractivity contribution < 1.29 is 9.53 Å². The number of aryl methyl sites for hydroxylation is 1. The summed E-state index contributed by atoms with van der Waals surface area (Å²) in [5.41, 5.74) is 8.47. The number of ether oxygens (including phenoxy) is 1. The lowest BCUT2D eigenvalue weighted by atomic mass is 9.85. The molecule has 0 radical (unpaired) electrons. The largest absolute Gasteiger partial charge is 0.444 e. The number of likely N-dealkylation sites (tertiary alicyclic amines) is 1. The van der Waals surface area contributed by atoms with Crippen LogP contribution in [0.5, 0.6) is 0 Å². The number of carbonyl (C=O) groups is 1. The van der Waals surface area contributed by atoms with Crippen LogP contribution in [0.4, 0.5) is 4.79 Å². The number of hydrogen-bond acceptors (Lipinski definition) is 3. The van der Waals surface area contributed by atoms with Gasteiger partial charge in [0.1, 0.15) is 5.60 Å². The molecular formula is C18H28N2O2. The normalized spacial score (nSPS) is 22.5. The molecule has 1 amide bonds. The second kappa shape index (κ2) is 6.69. The summed E-state index contributed by atoms with van der Waals surface area (Å²) < 4.78 is 5.43. The number of rotatable bonds is 2. The summed E-state index contributed by atoms with van der Waals surface area (Å²) in [4.78, 5) is 13.9. The number of hydrogen-bond donors (Lipinski definition) is 1. The van der Waals surface area contributed by atoms with Crippen molar-refractivity contribution in [3.63, 3.8) is 0 Å². The topological polar surface area (TPSA) is 55.6 Å². The quantitative estimate of drug-likeness (QED) is 0.912. The molecule has 2 atom stereocenters. The Labute approximate surface area is 133 Å². The first-order valence-electron chi connectivity index (χ1n) is 8.12. The van der Waals surface area contributed by atoms with Gasteiger partial charge in [-0.05, 0) is 44.7 Å². The van der Waals surface area contributed by atoms with Gasteiger partial charge in [0.2, 0.25) is 0 Å². The van der Waals surface area contributed by atoms with Crippen LogP contribution in [-0.2, 0) is 11.2 Å². The van der Waals surface area contributed by atoms with Crippen molar-refractivity contribution in [2.24, 2.45) is 5.73 Å². The Balaban J connectivity index is 1.98. The van der Waals surface area contributed by atoms with Gasteiger partial charge in [-0.25, -0.2) is 4.79 Å². The minimum absolute atomic E-state index is 0.0475. The third-order valence-corrected chi connectivity index (χ3v) is 4.13. The van der Waals surface area contributed by atoms with Crippen molar-refractivity contribution in [1.29, 1.82) is 0 Å². The third kappa shape index (κ3) is 4.23. The molecule has 4 heteroatoms. The number of piperidine rings is 1. The molecule has 122 valence electrons. The molecule has 0 saturated carbocycles. The van der Waals surface area contributed by atoms with Crippen molar-refractivity contribution in [1.82, 2.24) is 4.90 Å².